The molecule has 1 saturated heterocycles. The van der Waals surface area contributed by atoms with Crippen molar-refractivity contribution in [3.05, 3.63) is 48.3 Å². The summed E-state index contributed by atoms with van der Waals surface area (Å²) < 4.78 is 0. The maximum absolute atomic E-state index is 4.66. The molecule has 0 amide bonds. The zero-order chi connectivity index (χ0) is 15.6. The van der Waals surface area contributed by atoms with Crippen LogP contribution in [0.15, 0.2) is 42.7 Å². The van der Waals surface area contributed by atoms with E-state index in [1.54, 1.807) is 0 Å². The Morgan fingerprint density at radius 3 is 1.91 bits per heavy atom. The number of pyridine rings is 2. The Labute approximate surface area is 132 Å². The molecule has 4 nitrogen and oxygen atoms in total. The SMILES string of the molecule is CC(C)(C)c1ccc(N2CCN(c3ccccn3)CC2)nc1. The molecule has 0 aliphatic carbocycles. The van der Waals surface area contributed by atoms with Gasteiger partial charge in [-0.3, -0.25) is 0 Å². The van der Waals surface area contributed by atoms with Crippen molar-refractivity contribution in [3.63, 3.8) is 0 Å². The molecule has 0 radical (unpaired) electrons. The summed E-state index contributed by atoms with van der Waals surface area (Å²) in [5.41, 5.74) is 1.44. The zero-order valence-electron chi connectivity index (χ0n) is 13.7. The second-order valence-corrected chi connectivity index (χ2v) is 6.82. The van der Waals surface area contributed by atoms with Crippen LogP contribution in [-0.4, -0.2) is 36.1 Å². The molecule has 2 aromatic rings. The first-order valence-corrected chi connectivity index (χ1v) is 7.91. The minimum absolute atomic E-state index is 0.156. The maximum atomic E-state index is 4.66. The lowest BCUT2D eigenvalue weighted by Crippen LogP contribution is -2.47. The molecule has 1 aliphatic rings. The van der Waals surface area contributed by atoms with Gasteiger partial charge in [0.15, 0.2) is 0 Å². The van der Waals surface area contributed by atoms with Crippen molar-refractivity contribution in [2.24, 2.45) is 0 Å². The van der Waals surface area contributed by atoms with Crippen molar-refractivity contribution in [1.82, 2.24) is 9.97 Å². The summed E-state index contributed by atoms with van der Waals surface area (Å²) in [4.78, 5) is 13.8. The molecule has 0 spiro atoms. The topological polar surface area (TPSA) is 32.3 Å². The maximum Gasteiger partial charge on any atom is 0.128 e. The molecule has 0 unspecified atom stereocenters. The van der Waals surface area contributed by atoms with Gasteiger partial charge in [0, 0.05) is 38.6 Å². The minimum Gasteiger partial charge on any atom is -0.353 e. The van der Waals surface area contributed by atoms with E-state index in [-0.39, 0.29) is 5.41 Å². The summed E-state index contributed by atoms with van der Waals surface area (Å²) >= 11 is 0. The summed E-state index contributed by atoms with van der Waals surface area (Å²) in [7, 11) is 0. The van der Waals surface area contributed by atoms with Crippen LogP contribution in [-0.2, 0) is 5.41 Å². The van der Waals surface area contributed by atoms with Crippen LogP contribution < -0.4 is 9.80 Å². The molecule has 22 heavy (non-hydrogen) atoms. The monoisotopic (exact) mass is 296 g/mol. The Morgan fingerprint density at radius 2 is 1.45 bits per heavy atom. The van der Waals surface area contributed by atoms with Gasteiger partial charge in [-0.2, -0.15) is 0 Å². The molecule has 116 valence electrons. The highest BCUT2D eigenvalue weighted by Gasteiger charge is 2.20. The van der Waals surface area contributed by atoms with Gasteiger partial charge < -0.3 is 9.80 Å². The van der Waals surface area contributed by atoms with Crippen LogP contribution in [0.2, 0.25) is 0 Å². The highest BCUT2D eigenvalue weighted by Crippen LogP contribution is 2.23. The van der Waals surface area contributed by atoms with Gasteiger partial charge in [0.1, 0.15) is 11.6 Å². The van der Waals surface area contributed by atoms with E-state index in [9.17, 15) is 0 Å². The van der Waals surface area contributed by atoms with E-state index in [0.717, 1.165) is 37.8 Å². The van der Waals surface area contributed by atoms with Gasteiger partial charge in [-0.05, 0) is 29.2 Å². The van der Waals surface area contributed by atoms with Gasteiger partial charge in [0.2, 0.25) is 0 Å². The average molecular weight is 296 g/mol. The van der Waals surface area contributed by atoms with Crippen molar-refractivity contribution in [1.29, 1.82) is 0 Å². The summed E-state index contributed by atoms with van der Waals surface area (Å²) in [6.45, 7) is 10.6. The molecular weight excluding hydrogens is 272 g/mol. The summed E-state index contributed by atoms with van der Waals surface area (Å²) in [5.74, 6) is 2.15. The van der Waals surface area contributed by atoms with Crippen molar-refractivity contribution < 1.29 is 0 Å². The third-order valence-electron chi connectivity index (χ3n) is 4.19. The fourth-order valence-corrected chi connectivity index (χ4v) is 2.72. The molecule has 4 heteroatoms. The Bertz CT molecular complexity index is 593. The molecule has 0 aromatic carbocycles. The lowest BCUT2D eigenvalue weighted by atomic mass is 9.88. The smallest absolute Gasteiger partial charge is 0.128 e. The fraction of sp³-hybridized carbons (Fsp3) is 0.444. The Hall–Kier alpha value is -2.10. The van der Waals surface area contributed by atoms with E-state index in [4.69, 9.17) is 0 Å². The van der Waals surface area contributed by atoms with Crippen molar-refractivity contribution >= 4 is 11.6 Å². The van der Waals surface area contributed by atoms with Gasteiger partial charge in [0.25, 0.3) is 0 Å². The predicted molar refractivity (Wildman–Crippen MR) is 91.6 cm³/mol. The van der Waals surface area contributed by atoms with Gasteiger partial charge >= 0.3 is 0 Å². The number of aromatic nitrogens is 2. The first kappa shape index (κ1) is 14.8. The van der Waals surface area contributed by atoms with Crippen LogP contribution in [0.3, 0.4) is 0 Å². The molecule has 0 saturated carbocycles. The van der Waals surface area contributed by atoms with Gasteiger partial charge in [-0.1, -0.05) is 32.9 Å². The summed E-state index contributed by atoms with van der Waals surface area (Å²) in [5, 5.41) is 0. The number of nitrogens with zero attached hydrogens (tertiary/aromatic N) is 4. The van der Waals surface area contributed by atoms with E-state index >= 15 is 0 Å². The van der Waals surface area contributed by atoms with Crippen molar-refractivity contribution in [2.75, 3.05) is 36.0 Å². The lowest BCUT2D eigenvalue weighted by molar-refractivity contribution is 0.586. The molecular formula is C18H24N4. The fourth-order valence-electron chi connectivity index (χ4n) is 2.72. The summed E-state index contributed by atoms with van der Waals surface area (Å²) in [6.07, 6.45) is 3.87. The Kier molecular flexibility index (Phi) is 4.01. The number of hydrogen-bond donors (Lipinski definition) is 0. The number of hydrogen-bond acceptors (Lipinski definition) is 4. The first-order chi connectivity index (χ1) is 10.5. The van der Waals surface area contributed by atoms with E-state index < -0.39 is 0 Å². The van der Waals surface area contributed by atoms with Crippen LogP contribution in [0.5, 0.6) is 0 Å². The largest absolute Gasteiger partial charge is 0.353 e. The first-order valence-electron chi connectivity index (χ1n) is 7.91. The Balaban J connectivity index is 1.64. The number of rotatable bonds is 2. The van der Waals surface area contributed by atoms with Crippen LogP contribution in [0.1, 0.15) is 26.3 Å². The lowest BCUT2D eigenvalue weighted by Gasteiger charge is -2.36. The quantitative estimate of drug-likeness (QED) is 0.852. The molecule has 0 N–H and O–H groups in total. The van der Waals surface area contributed by atoms with E-state index in [1.165, 1.54) is 5.56 Å². The molecule has 3 rings (SSSR count). The molecule has 2 aromatic heterocycles. The zero-order valence-corrected chi connectivity index (χ0v) is 13.7. The highest BCUT2D eigenvalue weighted by atomic mass is 15.3. The van der Waals surface area contributed by atoms with Crippen LogP contribution >= 0.6 is 0 Å². The van der Waals surface area contributed by atoms with Gasteiger partial charge in [-0.25, -0.2) is 9.97 Å². The molecule has 0 atom stereocenters. The minimum atomic E-state index is 0.156. The van der Waals surface area contributed by atoms with Crippen LogP contribution in [0.25, 0.3) is 0 Å². The van der Waals surface area contributed by atoms with Crippen molar-refractivity contribution in [2.45, 2.75) is 26.2 Å². The van der Waals surface area contributed by atoms with Crippen LogP contribution in [0, 0.1) is 0 Å². The van der Waals surface area contributed by atoms with Crippen molar-refractivity contribution in [3.8, 4) is 0 Å². The molecule has 3 heterocycles. The van der Waals surface area contributed by atoms with E-state index in [2.05, 4.69) is 58.7 Å². The number of piperazine rings is 1. The summed E-state index contributed by atoms with van der Waals surface area (Å²) in [6, 6.07) is 10.4. The van der Waals surface area contributed by atoms with E-state index in [1.807, 2.05) is 24.5 Å². The van der Waals surface area contributed by atoms with Crippen LogP contribution in [0.4, 0.5) is 11.6 Å². The van der Waals surface area contributed by atoms with Gasteiger partial charge in [0.05, 0.1) is 0 Å². The second-order valence-electron chi connectivity index (χ2n) is 6.82. The van der Waals surface area contributed by atoms with E-state index in [0.29, 0.717) is 0 Å². The van der Waals surface area contributed by atoms with Gasteiger partial charge in [-0.15, -0.1) is 0 Å². The number of anilines is 2. The highest BCUT2D eigenvalue weighted by molar-refractivity contribution is 5.45. The average Bonchev–Trinajstić information content (AvgIpc) is 2.55. The second kappa shape index (κ2) is 5.95. The molecule has 0 bridgehead atoms. The Morgan fingerprint density at radius 1 is 0.818 bits per heavy atom. The third kappa shape index (κ3) is 3.21. The standard InChI is InChI=1S/C18H24N4/c1-18(2,3)15-7-8-17(20-14-15)22-12-10-21(11-13-22)16-6-4-5-9-19-16/h4-9,14H,10-13H2,1-3H3. The molecule has 1 aliphatic heterocycles. The molecule has 1 fully saturated rings. The third-order valence-corrected chi connectivity index (χ3v) is 4.19. The normalized spacial score (nSPS) is 16.0. The predicted octanol–water partition coefficient (Wildman–Crippen LogP) is 3.10.